The molecule has 0 saturated carbocycles. The molecule has 4 nitrogen and oxygen atoms in total. The summed E-state index contributed by atoms with van der Waals surface area (Å²) in [6.07, 6.45) is 1.49. The van der Waals surface area contributed by atoms with E-state index in [1.165, 1.54) is 5.56 Å². The van der Waals surface area contributed by atoms with Gasteiger partial charge in [-0.15, -0.1) is 0 Å². The number of ether oxygens (including phenoxy) is 3. The first-order valence-corrected chi connectivity index (χ1v) is 8.13. The van der Waals surface area contributed by atoms with Crippen molar-refractivity contribution in [2.24, 2.45) is 0 Å². The molecule has 2 aromatic rings. The van der Waals surface area contributed by atoms with Gasteiger partial charge in [-0.05, 0) is 49.6 Å². The molecule has 0 aliphatic carbocycles. The normalized spacial score (nSPS) is 11.9. The zero-order valence-electron chi connectivity index (χ0n) is 14.2. The molecule has 0 saturated heterocycles. The molecule has 0 spiro atoms. The van der Waals surface area contributed by atoms with Gasteiger partial charge in [0.2, 0.25) is 0 Å². The summed E-state index contributed by atoms with van der Waals surface area (Å²) in [7, 11) is 1.59. The topological polar surface area (TPSA) is 44.8 Å². The second-order valence-corrected chi connectivity index (χ2v) is 5.49. The first kappa shape index (κ1) is 18.2. The number of carbonyl (C=O) groups excluding carboxylic acids is 1. The van der Waals surface area contributed by atoms with E-state index in [0.717, 1.165) is 18.6 Å². The molecule has 0 amide bonds. The number of aryl methyl sites for hydroxylation is 1. The summed E-state index contributed by atoms with van der Waals surface area (Å²) in [4.78, 5) is 12.0. The maximum absolute atomic E-state index is 12.0. The molecule has 1 unspecified atom stereocenters. The molecule has 2 aromatic carbocycles. The quantitative estimate of drug-likeness (QED) is 0.377. The van der Waals surface area contributed by atoms with Gasteiger partial charge in [-0.1, -0.05) is 30.3 Å². The van der Waals surface area contributed by atoms with Crippen LogP contribution >= 0.6 is 0 Å². The Kier molecular flexibility index (Phi) is 7.46. The minimum Gasteiger partial charge on any atom is -0.497 e. The lowest BCUT2D eigenvalue weighted by molar-refractivity contribution is -0.123. The molecule has 0 bridgehead atoms. The molecule has 4 heteroatoms. The Balaban J connectivity index is 1.63. The standard InChI is InChI=1S/C20H24O4/c1-16(23-14-6-9-17-7-4-3-5-8-17)24-15-20(21)18-10-12-19(22-2)13-11-18/h3-5,7-8,10-13,16H,6,9,14-15H2,1-2H3. The number of Topliss-reactive ketones (excluding diaryl/α,β-unsaturated/α-hetero) is 1. The number of benzene rings is 2. The minimum absolute atomic E-state index is 0.00613. The van der Waals surface area contributed by atoms with Gasteiger partial charge in [0.25, 0.3) is 0 Å². The van der Waals surface area contributed by atoms with Gasteiger partial charge in [-0.2, -0.15) is 0 Å². The Morgan fingerprint density at radius 2 is 1.71 bits per heavy atom. The smallest absolute Gasteiger partial charge is 0.188 e. The highest BCUT2D eigenvalue weighted by atomic mass is 16.7. The maximum Gasteiger partial charge on any atom is 0.188 e. The number of hydrogen-bond acceptors (Lipinski definition) is 4. The third kappa shape index (κ3) is 6.14. The van der Waals surface area contributed by atoms with Crippen LogP contribution in [0.3, 0.4) is 0 Å². The number of rotatable bonds is 10. The van der Waals surface area contributed by atoms with Crippen molar-refractivity contribution in [3.05, 3.63) is 65.7 Å². The molecular formula is C20H24O4. The fourth-order valence-corrected chi connectivity index (χ4v) is 2.27. The van der Waals surface area contributed by atoms with Gasteiger partial charge in [0.15, 0.2) is 12.1 Å². The molecule has 0 N–H and O–H groups in total. The van der Waals surface area contributed by atoms with Crippen LogP contribution in [0.15, 0.2) is 54.6 Å². The van der Waals surface area contributed by atoms with Gasteiger partial charge < -0.3 is 14.2 Å². The lowest BCUT2D eigenvalue weighted by Gasteiger charge is -2.13. The van der Waals surface area contributed by atoms with Gasteiger partial charge >= 0.3 is 0 Å². The fourth-order valence-electron chi connectivity index (χ4n) is 2.27. The summed E-state index contributed by atoms with van der Waals surface area (Å²) in [5, 5.41) is 0. The van der Waals surface area contributed by atoms with Crippen LogP contribution in [0.25, 0.3) is 0 Å². The van der Waals surface area contributed by atoms with Crippen molar-refractivity contribution in [3.63, 3.8) is 0 Å². The molecule has 1 atom stereocenters. The van der Waals surface area contributed by atoms with E-state index in [1.54, 1.807) is 31.4 Å². The number of methoxy groups -OCH3 is 1. The van der Waals surface area contributed by atoms with Crippen LogP contribution in [0.5, 0.6) is 5.75 Å². The molecule has 2 rings (SSSR count). The van der Waals surface area contributed by atoms with Crippen molar-refractivity contribution in [2.45, 2.75) is 26.1 Å². The summed E-state index contributed by atoms with van der Waals surface area (Å²) in [6, 6.07) is 17.3. The predicted octanol–water partition coefficient (Wildman–Crippen LogP) is 3.89. The largest absolute Gasteiger partial charge is 0.497 e. The van der Waals surface area contributed by atoms with E-state index >= 15 is 0 Å². The van der Waals surface area contributed by atoms with Crippen molar-refractivity contribution in [3.8, 4) is 5.75 Å². The second kappa shape index (κ2) is 9.85. The van der Waals surface area contributed by atoms with E-state index in [2.05, 4.69) is 12.1 Å². The van der Waals surface area contributed by atoms with Crippen molar-refractivity contribution >= 4 is 5.78 Å². The molecule has 0 aliphatic rings. The highest BCUT2D eigenvalue weighted by Gasteiger charge is 2.09. The molecule has 0 aliphatic heterocycles. The van der Waals surface area contributed by atoms with E-state index in [4.69, 9.17) is 14.2 Å². The molecule has 0 fully saturated rings. The fraction of sp³-hybridized carbons (Fsp3) is 0.350. The highest BCUT2D eigenvalue weighted by molar-refractivity contribution is 5.97. The SMILES string of the molecule is COc1ccc(C(=O)COC(C)OCCCc2ccccc2)cc1. The van der Waals surface area contributed by atoms with Gasteiger partial charge in [-0.3, -0.25) is 4.79 Å². The second-order valence-electron chi connectivity index (χ2n) is 5.49. The molecular weight excluding hydrogens is 304 g/mol. The third-order valence-corrected chi connectivity index (χ3v) is 3.67. The van der Waals surface area contributed by atoms with Crippen LogP contribution in [-0.4, -0.2) is 32.4 Å². The van der Waals surface area contributed by atoms with Crippen LogP contribution in [-0.2, 0) is 15.9 Å². The Morgan fingerprint density at radius 3 is 2.38 bits per heavy atom. The van der Waals surface area contributed by atoms with Gasteiger partial charge in [0, 0.05) is 5.56 Å². The Hall–Kier alpha value is -2.17. The lowest BCUT2D eigenvalue weighted by atomic mass is 10.1. The Labute approximate surface area is 143 Å². The maximum atomic E-state index is 12.0. The van der Waals surface area contributed by atoms with E-state index < -0.39 is 6.29 Å². The average molecular weight is 328 g/mol. The monoisotopic (exact) mass is 328 g/mol. The van der Waals surface area contributed by atoms with Crippen molar-refractivity contribution < 1.29 is 19.0 Å². The van der Waals surface area contributed by atoms with Crippen molar-refractivity contribution in [1.29, 1.82) is 0 Å². The number of carbonyl (C=O) groups is 1. The molecule has 0 radical (unpaired) electrons. The van der Waals surface area contributed by atoms with E-state index in [-0.39, 0.29) is 12.4 Å². The molecule has 128 valence electrons. The summed E-state index contributed by atoms with van der Waals surface area (Å²) in [6.45, 7) is 2.42. The molecule has 24 heavy (non-hydrogen) atoms. The van der Waals surface area contributed by atoms with Crippen molar-refractivity contribution in [2.75, 3.05) is 20.3 Å². The first-order valence-electron chi connectivity index (χ1n) is 8.13. The van der Waals surface area contributed by atoms with Crippen molar-refractivity contribution in [1.82, 2.24) is 0 Å². The first-order chi connectivity index (χ1) is 11.7. The summed E-state index contributed by atoms with van der Waals surface area (Å²) in [5.74, 6) is 0.653. The van der Waals surface area contributed by atoms with E-state index in [9.17, 15) is 4.79 Å². The van der Waals surface area contributed by atoms with E-state index in [0.29, 0.717) is 12.2 Å². The number of ketones is 1. The van der Waals surface area contributed by atoms with Gasteiger partial charge in [-0.25, -0.2) is 0 Å². The highest BCUT2D eigenvalue weighted by Crippen LogP contribution is 2.12. The van der Waals surface area contributed by atoms with Gasteiger partial charge in [0.1, 0.15) is 12.4 Å². The van der Waals surface area contributed by atoms with Crippen LogP contribution in [0, 0.1) is 0 Å². The van der Waals surface area contributed by atoms with Crippen LogP contribution < -0.4 is 4.74 Å². The van der Waals surface area contributed by atoms with Crippen LogP contribution in [0.1, 0.15) is 29.3 Å². The molecule has 0 aromatic heterocycles. The van der Waals surface area contributed by atoms with Crippen LogP contribution in [0.4, 0.5) is 0 Å². The average Bonchev–Trinajstić information content (AvgIpc) is 2.64. The Morgan fingerprint density at radius 1 is 1.00 bits per heavy atom. The number of hydrogen-bond donors (Lipinski definition) is 0. The zero-order valence-corrected chi connectivity index (χ0v) is 14.2. The predicted molar refractivity (Wildman–Crippen MR) is 93.5 cm³/mol. The summed E-state index contributed by atoms with van der Waals surface area (Å²) >= 11 is 0. The van der Waals surface area contributed by atoms with E-state index in [1.807, 2.05) is 25.1 Å². The Bertz CT molecular complexity index is 607. The summed E-state index contributed by atoms with van der Waals surface area (Å²) in [5.41, 5.74) is 1.90. The summed E-state index contributed by atoms with van der Waals surface area (Å²) < 4.78 is 16.1. The molecule has 0 heterocycles. The van der Waals surface area contributed by atoms with Gasteiger partial charge in [0.05, 0.1) is 13.7 Å². The lowest BCUT2D eigenvalue weighted by Crippen LogP contribution is -2.19. The third-order valence-electron chi connectivity index (χ3n) is 3.67. The van der Waals surface area contributed by atoms with Crippen LogP contribution in [0.2, 0.25) is 0 Å². The minimum atomic E-state index is -0.400. The zero-order chi connectivity index (χ0) is 17.2.